The van der Waals surface area contributed by atoms with E-state index in [4.69, 9.17) is 0 Å². The van der Waals surface area contributed by atoms with Crippen LogP contribution in [0.5, 0.6) is 0 Å². The molecule has 1 fully saturated rings. The number of likely N-dealkylation sites (tertiary alicyclic amines) is 1. The third-order valence-electron chi connectivity index (χ3n) is 3.10. The maximum absolute atomic E-state index is 13.5. The number of carbonyl (C=O) groups excluding carboxylic acids is 2. The van der Waals surface area contributed by atoms with Crippen molar-refractivity contribution in [3.63, 3.8) is 0 Å². The fourth-order valence-corrected chi connectivity index (χ4v) is 2.03. The summed E-state index contributed by atoms with van der Waals surface area (Å²) >= 11 is 0. The van der Waals surface area contributed by atoms with Crippen molar-refractivity contribution in [2.75, 3.05) is 13.1 Å². The first-order valence-corrected chi connectivity index (χ1v) is 5.95. The minimum absolute atomic E-state index is 0.0426. The summed E-state index contributed by atoms with van der Waals surface area (Å²) in [7, 11) is 0. The summed E-state index contributed by atoms with van der Waals surface area (Å²) in [5.74, 6) is -5.15. The van der Waals surface area contributed by atoms with Crippen LogP contribution in [0.4, 0.5) is 13.2 Å². The third kappa shape index (κ3) is 2.77. The van der Waals surface area contributed by atoms with Crippen LogP contribution in [0.2, 0.25) is 0 Å². The Bertz CT molecular complexity index is 531. The summed E-state index contributed by atoms with van der Waals surface area (Å²) in [6.07, 6.45) is 1.08. The molecule has 19 heavy (non-hydrogen) atoms. The average Bonchev–Trinajstić information content (AvgIpc) is 2.60. The van der Waals surface area contributed by atoms with E-state index >= 15 is 0 Å². The van der Waals surface area contributed by atoms with Gasteiger partial charge < -0.3 is 4.90 Å². The molecule has 1 heterocycles. The summed E-state index contributed by atoms with van der Waals surface area (Å²) in [5, 5.41) is 0. The van der Waals surface area contributed by atoms with Gasteiger partial charge in [-0.1, -0.05) is 0 Å². The van der Waals surface area contributed by atoms with Gasteiger partial charge in [-0.2, -0.15) is 0 Å². The molecule has 0 bridgehead atoms. The largest absolute Gasteiger partial charge is 0.338 e. The minimum atomic E-state index is -1.66. The lowest BCUT2D eigenvalue weighted by atomic mass is 10.1. The van der Waals surface area contributed by atoms with E-state index in [1.165, 1.54) is 4.90 Å². The average molecular weight is 271 g/mol. The van der Waals surface area contributed by atoms with Gasteiger partial charge in [-0.05, 0) is 18.6 Å². The van der Waals surface area contributed by atoms with E-state index in [1.807, 2.05) is 0 Å². The highest BCUT2D eigenvalue weighted by molar-refractivity contribution is 5.95. The molecule has 6 heteroatoms. The number of nitrogens with zero attached hydrogens (tertiary/aromatic N) is 1. The molecular weight excluding hydrogens is 259 g/mol. The van der Waals surface area contributed by atoms with Crippen LogP contribution in [0.3, 0.4) is 0 Å². The molecule has 0 aliphatic carbocycles. The van der Waals surface area contributed by atoms with Gasteiger partial charge >= 0.3 is 0 Å². The Balaban J connectivity index is 2.24. The van der Waals surface area contributed by atoms with E-state index in [1.54, 1.807) is 0 Å². The van der Waals surface area contributed by atoms with Crippen molar-refractivity contribution in [2.24, 2.45) is 0 Å². The van der Waals surface area contributed by atoms with Gasteiger partial charge in [-0.25, -0.2) is 13.2 Å². The minimum Gasteiger partial charge on any atom is -0.338 e. The van der Waals surface area contributed by atoms with Crippen molar-refractivity contribution in [3.8, 4) is 0 Å². The number of benzene rings is 1. The highest BCUT2D eigenvalue weighted by Gasteiger charge is 2.25. The van der Waals surface area contributed by atoms with E-state index in [0.717, 1.165) is 6.07 Å². The van der Waals surface area contributed by atoms with Crippen molar-refractivity contribution < 1.29 is 22.8 Å². The SMILES string of the molecule is O=C1CCCN(C(=O)c2ccc(F)c(F)c2F)CC1. The first-order valence-electron chi connectivity index (χ1n) is 5.95. The highest BCUT2D eigenvalue weighted by Crippen LogP contribution is 2.18. The molecule has 0 saturated carbocycles. The number of Topliss-reactive ketones (excluding diaryl/α,β-unsaturated/α-hetero) is 1. The van der Waals surface area contributed by atoms with Crippen molar-refractivity contribution in [1.29, 1.82) is 0 Å². The zero-order valence-electron chi connectivity index (χ0n) is 10.1. The number of rotatable bonds is 1. The molecule has 1 saturated heterocycles. The predicted molar refractivity (Wildman–Crippen MR) is 61.1 cm³/mol. The summed E-state index contributed by atoms with van der Waals surface area (Å²) in [5.41, 5.74) is -0.506. The fourth-order valence-electron chi connectivity index (χ4n) is 2.03. The number of amides is 1. The van der Waals surface area contributed by atoms with Crippen LogP contribution in [0, 0.1) is 17.5 Å². The zero-order valence-corrected chi connectivity index (χ0v) is 10.1. The number of hydrogen-bond acceptors (Lipinski definition) is 2. The Labute approximate surface area is 108 Å². The molecule has 0 radical (unpaired) electrons. The molecule has 102 valence electrons. The lowest BCUT2D eigenvalue weighted by Gasteiger charge is -2.20. The molecule has 0 N–H and O–H groups in total. The molecule has 0 unspecified atom stereocenters. The van der Waals surface area contributed by atoms with Gasteiger partial charge in [0.15, 0.2) is 17.5 Å². The first kappa shape index (κ1) is 13.6. The molecule has 1 amide bonds. The highest BCUT2D eigenvalue weighted by atomic mass is 19.2. The lowest BCUT2D eigenvalue weighted by Crippen LogP contribution is -2.33. The second kappa shape index (κ2) is 5.42. The van der Waals surface area contributed by atoms with Crippen LogP contribution < -0.4 is 0 Å². The molecule has 1 aliphatic rings. The Hall–Kier alpha value is -1.85. The topological polar surface area (TPSA) is 37.4 Å². The van der Waals surface area contributed by atoms with E-state index in [-0.39, 0.29) is 18.7 Å². The van der Waals surface area contributed by atoms with Crippen LogP contribution in [0.25, 0.3) is 0 Å². The van der Waals surface area contributed by atoms with Gasteiger partial charge in [0.2, 0.25) is 0 Å². The van der Waals surface area contributed by atoms with Gasteiger partial charge in [0.05, 0.1) is 5.56 Å². The normalized spacial score (nSPS) is 16.4. The van der Waals surface area contributed by atoms with Crippen LogP contribution in [-0.4, -0.2) is 29.7 Å². The van der Waals surface area contributed by atoms with Crippen LogP contribution in [-0.2, 0) is 4.79 Å². The quantitative estimate of drug-likeness (QED) is 0.735. The predicted octanol–water partition coefficient (Wildman–Crippen LogP) is 2.30. The van der Waals surface area contributed by atoms with Crippen LogP contribution >= 0.6 is 0 Å². The third-order valence-corrected chi connectivity index (χ3v) is 3.10. The summed E-state index contributed by atoms with van der Waals surface area (Å²) in [6.45, 7) is 0.485. The Morgan fingerprint density at radius 3 is 2.53 bits per heavy atom. The smallest absolute Gasteiger partial charge is 0.256 e. The van der Waals surface area contributed by atoms with E-state index in [9.17, 15) is 22.8 Å². The molecule has 1 aromatic rings. The molecule has 2 rings (SSSR count). The molecule has 0 spiro atoms. The standard InChI is InChI=1S/C13H12F3NO2/c14-10-4-3-9(11(15)12(10)16)13(19)17-6-1-2-8(18)5-7-17/h3-4H,1-2,5-7H2. The van der Waals surface area contributed by atoms with E-state index in [0.29, 0.717) is 25.5 Å². The summed E-state index contributed by atoms with van der Waals surface area (Å²) in [6, 6.07) is 1.64. The molecule has 0 atom stereocenters. The summed E-state index contributed by atoms with van der Waals surface area (Å²) < 4.78 is 39.4. The van der Waals surface area contributed by atoms with Gasteiger partial charge in [-0.15, -0.1) is 0 Å². The zero-order chi connectivity index (χ0) is 14.0. The number of halogens is 3. The van der Waals surface area contributed by atoms with E-state index in [2.05, 4.69) is 0 Å². The molecule has 0 aromatic heterocycles. The molecule has 1 aliphatic heterocycles. The maximum atomic E-state index is 13.5. The lowest BCUT2D eigenvalue weighted by molar-refractivity contribution is -0.118. The van der Waals surface area contributed by atoms with Crippen molar-refractivity contribution in [2.45, 2.75) is 19.3 Å². The Morgan fingerprint density at radius 1 is 1.05 bits per heavy atom. The van der Waals surface area contributed by atoms with Gasteiger partial charge in [0.1, 0.15) is 5.78 Å². The maximum Gasteiger partial charge on any atom is 0.256 e. The van der Waals surface area contributed by atoms with Gasteiger partial charge in [0, 0.05) is 25.9 Å². The van der Waals surface area contributed by atoms with Crippen LogP contribution in [0.15, 0.2) is 12.1 Å². The molecular formula is C13H12F3NO2. The molecule has 3 nitrogen and oxygen atoms in total. The van der Waals surface area contributed by atoms with Crippen molar-refractivity contribution in [1.82, 2.24) is 4.90 Å². The Morgan fingerprint density at radius 2 is 1.79 bits per heavy atom. The van der Waals surface area contributed by atoms with Gasteiger partial charge in [0.25, 0.3) is 5.91 Å². The number of hydrogen-bond donors (Lipinski definition) is 0. The first-order chi connectivity index (χ1) is 9.00. The van der Waals surface area contributed by atoms with E-state index < -0.39 is 28.9 Å². The fraction of sp³-hybridized carbons (Fsp3) is 0.385. The summed E-state index contributed by atoms with van der Waals surface area (Å²) in [4.78, 5) is 24.6. The second-order valence-electron chi connectivity index (χ2n) is 4.41. The number of carbonyl (C=O) groups is 2. The monoisotopic (exact) mass is 271 g/mol. The second-order valence-corrected chi connectivity index (χ2v) is 4.41. The van der Waals surface area contributed by atoms with Gasteiger partial charge in [-0.3, -0.25) is 9.59 Å². The van der Waals surface area contributed by atoms with Crippen molar-refractivity contribution in [3.05, 3.63) is 35.1 Å². The van der Waals surface area contributed by atoms with Crippen molar-refractivity contribution >= 4 is 11.7 Å². The van der Waals surface area contributed by atoms with Crippen LogP contribution in [0.1, 0.15) is 29.6 Å². The number of ketones is 1. The molecule has 1 aromatic carbocycles. The Kier molecular flexibility index (Phi) is 3.87.